The molecule has 0 atom stereocenters. The number of alkyl halides is 7. The average molecular weight is 270 g/mol. The van der Waals surface area contributed by atoms with E-state index in [1.807, 2.05) is 0 Å². The molecular formula is C8H9F7O2. The molecule has 9 heteroatoms. The maximum absolute atomic E-state index is 12.8. The summed E-state index contributed by atoms with van der Waals surface area (Å²) >= 11 is 0. The molecule has 0 aromatic heterocycles. The van der Waals surface area contributed by atoms with E-state index in [-0.39, 0.29) is 13.0 Å². The third-order valence-corrected chi connectivity index (χ3v) is 1.55. The van der Waals surface area contributed by atoms with Crippen LogP contribution in [0.3, 0.4) is 0 Å². The first kappa shape index (κ1) is 16.0. The molecule has 0 aliphatic carbocycles. The van der Waals surface area contributed by atoms with Crippen molar-refractivity contribution in [2.45, 2.75) is 24.6 Å². The quantitative estimate of drug-likeness (QED) is 0.418. The highest BCUT2D eigenvalue weighted by Gasteiger charge is 2.74. The molecule has 0 unspecified atom stereocenters. The lowest BCUT2D eigenvalue weighted by Gasteiger charge is -2.29. The fourth-order valence-electron chi connectivity index (χ4n) is 0.763. The van der Waals surface area contributed by atoms with E-state index in [0.717, 1.165) is 6.26 Å². The third-order valence-electron chi connectivity index (χ3n) is 1.55. The highest BCUT2D eigenvalue weighted by Crippen LogP contribution is 2.46. The molecule has 0 rings (SSSR count). The first-order valence-electron chi connectivity index (χ1n) is 4.25. The average Bonchev–Trinajstić information content (AvgIpc) is 2.13. The van der Waals surface area contributed by atoms with Crippen LogP contribution in [0, 0.1) is 0 Å². The predicted molar refractivity (Wildman–Crippen MR) is 42.7 cm³/mol. The van der Waals surface area contributed by atoms with Gasteiger partial charge in [0.05, 0.1) is 19.5 Å². The van der Waals surface area contributed by atoms with E-state index in [2.05, 4.69) is 16.1 Å². The molecule has 0 amide bonds. The van der Waals surface area contributed by atoms with Crippen LogP contribution < -0.4 is 0 Å². The second kappa shape index (κ2) is 5.56. The molecule has 17 heavy (non-hydrogen) atoms. The van der Waals surface area contributed by atoms with Gasteiger partial charge in [0.2, 0.25) is 0 Å². The lowest BCUT2D eigenvalue weighted by atomic mass is 10.3. The molecule has 0 aliphatic rings. The van der Waals surface area contributed by atoms with Crippen molar-refractivity contribution < 1.29 is 40.2 Å². The first-order chi connectivity index (χ1) is 7.56. The molecular weight excluding hydrogens is 261 g/mol. The van der Waals surface area contributed by atoms with E-state index in [4.69, 9.17) is 0 Å². The van der Waals surface area contributed by atoms with Gasteiger partial charge in [-0.25, -0.2) is 0 Å². The summed E-state index contributed by atoms with van der Waals surface area (Å²) in [5, 5.41) is 0. The van der Waals surface area contributed by atoms with E-state index in [1.54, 1.807) is 0 Å². The van der Waals surface area contributed by atoms with Crippen LogP contribution in [0.25, 0.3) is 0 Å². The molecule has 0 heterocycles. The van der Waals surface area contributed by atoms with Crippen molar-refractivity contribution in [1.29, 1.82) is 0 Å². The van der Waals surface area contributed by atoms with Gasteiger partial charge >= 0.3 is 18.2 Å². The van der Waals surface area contributed by atoms with Crippen LogP contribution in [0.4, 0.5) is 30.7 Å². The zero-order chi connectivity index (χ0) is 13.7. The van der Waals surface area contributed by atoms with Gasteiger partial charge in [-0.15, -0.1) is 0 Å². The number of ether oxygens (including phenoxy) is 2. The highest BCUT2D eigenvalue weighted by molar-refractivity contribution is 4.85. The zero-order valence-corrected chi connectivity index (χ0v) is 8.37. The largest absolute Gasteiger partial charge is 0.502 e. The van der Waals surface area contributed by atoms with Crippen molar-refractivity contribution in [2.24, 2.45) is 0 Å². The van der Waals surface area contributed by atoms with Gasteiger partial charge < -0.3 is 9.47 Å². The Balaban J connectivity index is 4.49. The number of halogens is 7. The van der Waals surface area contributed by atoms with E-state index in [0.29, 0.717) is 0 Å². The summed E-state index contributed by atoms with van der Waals surface area (Å²) in [7, 11) is 0. The maximum Gasteiger partial charge on any atom is 0.458 e. The minimum absolute atomic E-state index is 0.227. The molecule has 0 N–H and O–H groups in total. The zero-order valence-electron chi connectivity index (χ0n) is 8.37. The van der Waals surface area contributed by atoms with Gasteiger partial charge in [0.15, 0.2) is 0 Å². The molecule has 0 fully saturated rings. The Kier molecular flexibility index (Phi) is 5.24. The van der Waals surface area contributed by atoms with Gasteiger partial charge in [-0.2, -0.15) is 30.7 Å². The molecule has 0 aromatic carbocycles. The highest BCUT2D eigenvalue weighted by atomic mass is 19.4. The molecule has 0 aromatic rings. The molecule has 0 bridgehead atoms. The van der Waals surface area contributed by atoms with Crippen molar-refractivity contribution in [2.75, 3.05) is 13.2 Å². The normalized spacial score (nSPS) is 13.6. The molecule has 0 saturated carbocycles. The Bertz CT molecular complexity index is 231. The van der Waals surface area contributed by atoms with Crippen LogP contribution in [0.15, 0.2) is 12.8 Å². The lowest BCUT2D eigenvalue weighted by molar-refractivity contribution is -0.430. The fraction of sp³-hybridized carbons (Fsp3) is 0.750. The Morgan fingerprint density at radius 3 is 1.71 bits per heavy atom. The number of hydrogen-bond acceptors (Lipinski definition) is 2. The third kappa shape index (κ3) is 4.06. The summed E-state index contributed by atoms with van der Waals surface area (Å²) in [5.74, 6) is -5.66. The molecule has 0 spiro atoms. The van der Waals surface area contributed by atoms with Crippen molar-refractivity contribution in [3.63, 3.8) is 0 Å². The first-order valence-corrected chi connectivity index (χ1v) is 4.25. The van der Waals surface area contributed by atoms with Gasteiger partial charge in [-0.05, 0) is 0 Å². The van der Waals surface area contributed by atoms with Crippen LogP contribution in [0.2, 0.25) is 0 Å². The fourth-order valence-corrected chi connectivity index (χ4v) is 0.763. The second-order valence-corrected chi connectivity index (χ2v) is 2.83. The molecule has 0 aliphatic heterocycles. The summed E-state index contributed by atoms with van der Waals surface area (Å²) in [6.45, 7) is 1.77. The predicted octanol–water partition coefficient (Wildman–Crippen LogP) is 3.34. The molecule has 0 saturated heterocycles. The summed E-state index contributed by atoms with van der Waals surface area (Å²) in [6.07, 6.45) is -11.8. The summed E-state index contributed by atoms with van der Waals surface area (Å²) in [4.78, 5) is 0. The standard InChI is InChI=1S/C8H9F7O2/c1-2-16-4-3-5-17-6(9,7(10,11)12)8(13,14)15/h2H,1,3-5H2. The van der Waals surface area contributed by atoms with Gasteiger partial charge in [-0.3, -0.25) is 0 Å². The van der Waals surface area contributed by atoms with Crippen LogP contribution in [-0.2, 0) is 9.47 Å². The number of hydrogen-bond donors (Lipinski definition) is 0. The van der Waals surface area contributed by atoms with Crippen molar-refractivity contribution in [3.05, 3.63) is 12.8 Å². The monoisotopic (exact) mass is 270 g/mol. The SMILES string of the molecule is C=COCCCOC(F)(C(F)(F)F)C(F)(F)F. The summed E-state index contributed by atoms with van der Waals surface area (Å²) in [5.41, 5.74) is 0. The van der Waals surface area contributed by atoms with Gasteiger partial charge in [0, 0.05) is 6.42 Å². The molecule has 102 valence electrons. The molecule has 0 radical (unpaired) electrons. The minimum Gasteiger partial charge on any atom is -0.502 e. The van der Waals surface area contributed by atoms with E-state index >= 15 is 0 Å². The lowest BCUT2D eigenvalue weighted by Crippen LogP contribution is -2.55. The van der Waals surface area contributed by atoms with Crippen molar-refractivity contribution in [1.82, 2.24) is 0 Å². The van der Waals surface area contributed by atoms with Crippen LogP contribution >= 0.6 is 0 Å². The Hall–Kier alpha value is -0.990. The smallest absolute Gasteiger partial charge is 0.458 e. The van der Waals surface area contributed by atoms with Gasteiger partial charge in [-0.1, -0.05) is 6.58 Å². The topological polar surface area (TPSA) is 18.5 Å². The number of rotatable bonds is 6. The second-order valence-electron chi connectivity index (χ2n) is 2.83. The Morgan fingerprint density at radius 1 is 0.882 bits per heavy atom. The Labute approximate surface area is 92.0 Å². The maximum atomic E-state index is 12.8. The van der Waals surface area contributed by atoms with E-state index in [9.17, 15) is 30.7 Å². The van der Waals surface area contributed by atoms with Crippen LogP contribution in [-0.4, -0.2) is 31.4 Å². The van der Waals surface area contributed by atoms with Gasteiger partial charge in [0.1, 0.15) is 0 Å². The van der Waals surface area contributed by atoms with Gasteiger partial charge in [0.25, 0.3) is 0 Å². The summed E-state index contributed by atoms with van der Waals surface area (Å²) in [6, 6.07) is 0. The summed E-state index contributed by atoms with van der Waals surface area (Å²) < 4.78 is 91.9. The minimum atomic E-state index is -6.19. The van der Waals surface area contributed by atoms with E-state index < -0.39 is 24.8 Å². The van der Waals surface area contributed by atoms with Crippen molar-refractivity contribution in [3.8, 4) is 0 Å². The Morgan fingerprint density at radius 2 is 1.35 bits per heavy atom. The van der Waals surface area contributed by atoms with Crippen molar-refractivity contribution >= 4 is 0 Å². The molecule has 2 nitrogen and oxygen atoms in total. The van der Waals surface area contributed by atoms with E-state index in [1.165, 1.54) is 0 Å². The van der Waals surface area contributed by atoms with Crippen LogP contribution in [0.1, 0.15) is 6.42 Å². The van der Waals surface area contributed by atoms with Crippen LogP contribution in [0.5, 0.6) is 0 Å².